The van der Waals surface area contributed by atoms with Crippen LogP contribution >= 0.6 is 0 Å². The van der Waals surface area contributed by atoms with Crippen molar-refractivity contribution < 1.29 is 9.53 Å². The van der Waals surface area contributed by atoms with Crippen LogP contribution in [-0.4, -0.2) is 18.0 Å². The first-order valence-corrected chi connectivity index (χ1v) is 7.48. The van der Waals surface area contributed by atoms with Gasteiger partial charge in [-0.15, -0.1) is 0 Å². The van der Waals surface area contributed by atoms with Gasteiger partial charge in [0.25, 0.3) is 5.91 Å². The average molecular weight is 319 g/mol. The van der Waals surface area contributed by atoms with E-state index in [4.69, 9.17) is 4.74 Å². The molecule has 5 heteroatoms. The predicted molar refractivity (Wildman–Crippen MR) is 94.9 cm³/mol. The van der Waals surface area contributed by atoms with Crippen molar-refractivity contribution in [2.75, 3.05) is 17.7 Å². The van der Waals surface area contributed by atoms with Gasteiger partial charge < -0.3 is 15.4 Å². The monoisotopic (exact) mass is 319 g/mol. The molecule has 0 fully saturated rings. The van der Waals surface area contributed by atoms with Gasteiger partial charge in [0.2, 0.25) is 0 Å². The van der Waals surface area contributed by atoms with Gasteiger partial charge in [0.05, 0.1) is 7.11 Å². The van der Waals surface area contributed by atoms with Crippen molar-refractivity contribution in [3.63, 3.8) is 0 Å². The number of benzene rings is 2. The molecule has 2 aromatic carbocycles. The van der Waals surface area contributed by atoms with Crippen LogP contribution in [0.25, 0.3) is 0 Å². The van der Waals surface area contributed by atoms with E-state index < -0.39 is 0 Å². The quantitative estimate of drug-likeness (QED) is 0.743. The molecule has 0 unspecified atom stereocenters. The summed E-state index contributed by atoms with van der Waals surface area (Å²) in [6, 6.07) is 20.4. The van der Waals surface area contributed by atoms with E-state index in [0.29, 0.717) is 5.69 Å². The zero-order valence-corrected chi connectivity index (χ0v) is 13.2. The summed E-state index contributed by atoms with van der Waals surface area (Å²) >= 11 is 0. The molecule has 3 aromatic rings. The maximum absolute atomic E-state index is 12.3. The lowest BCUT2D eigenvalue weighted by atomic mass is 10.2. The molecule has 0 saturated heterocycles. The van der Waals surface area contributed by atoms with Crippen LogP contribution in [0.2, 0.25) is 0 Å². The molecule has 0 aliphatic carbocycles. The Labute approximate surface area is 140 Å². The molecular weight excluding hydrogens is 302 g/mol. The number of pyridine rings is 1. The minimum absolute atomic E-state index is 0.250. The second-order valence-corrected chi connectivity index (χ2v) is 5.10. The summed E-state index contributed by atoms with van der Waals surface area (Å²) in [6.45, 7) is 0. The topological polar surface area (TPSA) is 63.2 Å². The number of para-hydroxylation sites is 1. The maximum atomic E-state index is 12.3. The third-order valence-electron chi connectivity index (χ3n) is 3.40. The summed E-state index contributed by atoms with van der Waals surface area (Å²) in [5, 5.41) is 6.06. The number of amides is 1. The van der Waals surface area contributed by atoms with E-state index in [1.165, 1.54) is 0 Å². The SMILES string of the molecule is COc1ccc(Nc2ccnc(C(=O)Nc3ccccc3)c2)cc1. The molecule has 1 heterocycles. The molecule has 0 radical (unpaired) electrons. The van der Waals surface area contributed by atoms with E-state index in [9.17, 15) is 4.79 Å². The first kappa shape index (κ1) is 15.6. The Morgan fingerprint density at radius 3 is 2.38 bits per heavy atom. The molecule has 24 heavy (non-hydrogen) atoms. The van der Waals surface area contributed by atoms with Crippen LogP contribution in [-0.2, 0) is 0 Å². The Morgan fingerprint density at radius 1 is 0.917 bits per heavy atom. The summed E-state index contributed by atoms with van der Waals surface area (Å²) in [6.07, 6.45) is 1.60. The molecule has 0 spiro atoms. The number of carbonyl (C=O) groups is 1. The van der Waals surface area contributed by atoms with Crippen LogP contribution in [0.1, 0.15) is 10.5 Å². The molecule has 1 amide bonds. The minimum atomic E-state index is -0.250. The van der Waals surface area contributed by atoms with Crippen LogP contribution in [0.5, 0.6) is 5.75 Å². The van der Waals surface area contributed by atoms with Gasteiger partial charge in [0, 0.05) is 23.3 Å². The fourth-order valence-corrected chi connectivity index (χ4v) is 2.19. The Morgan fingerprint density at radius 2 is 1.67 bits per heavy atom. The molecular formula is C19H17N3O2. The van der Waals surface area contributed by atoms with Gasteiger partial charge in [-0.1, -0.05) is 18.2 Å². The van der Waals surface area contributed by atoms with Gasteiger partial charge in [-0.3, -0.25) is 9.78 Å². The van der Waals surface area contributed by atoms with E-state index in [-0.39, 0.29) is 5.91 Å². The van der Waals surface area contributed by atoms with Crippen molar-refractivity contribution in [3.05, 3.63) is 78.6 Å². The maximum Gasteiger partial charge on any atom is 0.274 e. The molecule has 0 aliphatic rings. The average Bonchev–Trinajstić information content (AvgIpc) is 2.63. The number of nitrogens with one attached hydrogen (secondary N) is 2. The predicted octanol–water partition coefficient (Wildman–Crippen LogP) is 4.09. The largest absolute Gasteiger partial charge is 0.497 e. The first-order valence-electron chi connectivity index (χ1n) is 7.48. The van der Waals surface area contributed by atoms with Gasteiger partial charge in [-0.05, 0) is 48.5 Å². The standard InChI is InChI=1S/C19H17N3O2/c1-24-17-9-7-15(8-10-17)21-16-11-12-20-18(13-16)19(23)22-14-5-3-2-4-6-14/h2-13H,1H3,(H,20,21)(H,22,23). The molecule has 0 saturated carbocycles. The molecule has 5 nitrogen and oxygen atoms in total. The Bertz CT molecular complexity index is 818. The van der Waals surface area contributed by atoms with Gasteiger partial charge in [0.1, 0.15) is 11.4 Å². The number of aromatic nitrogens is 1. The zero-order valence-electron chi connectivity index (χ0n) is 13.2. The molecule has 3 rings (SSSR count). The van der Waals surface area contributed by atoms with Crippen LogP contribution in [0.4, 0.5) is 17.1 Å². The van der Waals surface area contributed by atoms with Gasteiger partial charge in [0.15, 0.2) is 0 Å². The highest BCUT2D eigenvalue weighted by Gasteiger charge is 2.08. The summed E-state index contributed by atoms with van der Waals surface area (Å²) in [7, 11) is 1.63. The van der Waals surface area contributed by atoms with E-state index >= 15 is 0 Å². The highest BCUT2D eigenvalue weighted by atomic mass is 16.5. The van der Waals surface area contributed by atoms with Crippen molar-refractivity contribution >= 4 is 23.0 Å². The van der Waals surface area contributed by atoms with Gasteiger partial charge in [-0.2, -0.15) is 0 Å². The fraction of sp³-hybridized carbons (Fsp3) is 0.0526. The fourth-order valence-electron chi connectivity index (χ4n) is 2.19. The Balaban J connectivity index is 1.72. The number of nitrogens with zero attached hydrogens (tertiary/aromatic N) is 1. The Kier molecular flexibility index (Phi) is 4.72. The summed E-state index contributed by atoms with van der Waals surface area (Å²) in [4.78, 5) is 16.4. The normalized spacial score (nSPS) is 10.0. The highest BCUT2D eigenvalue weighted by Crippen LogP contribution is 2.20. The van der Waals surface area contributed by atoms with Crippen molar-refractivity contribution in [2.24, 2.45) is 0 Å². The first-order chi connectivity index (χ1) is 11.7. The molecule has 120 valence electrons. The third-order valence-corrected chi connectivity index (χ3v) is 3.40. The van der Waals surface area contributed by atoms with Crippen molar-refractivity contribution in [1.29, 1.82) is 0 Å². The summed E-state index contributed by atoms with van der Waals surface area (Å²) in [5.74, 6) is 0.540. The number of ether oxygens (including phenoxy) is 1. The lowest BCUT2D eigenvalue weighted by Crippen LogP contribution is -2.13. The number of anilines is 3. The number of hydrogen-bond donors (Lipinski definition) is 2. The second-order valence-electron chi connectivity index (χ2n) is 5.10. The van der Waals surface area contributed by atoms with Gasteiger partial charge >= 0.3 is 0 Å². The van der Waals surface area contributed by atoms with Crippen molar-refractivity contribution in [3.8, 4) is 5.75 Å². The highest BCUT2D eigenvalue weighted by molar-refractivity contribution is 6.03. The zero-order chi connectivity index (χ0) is 16.8. The van der Waals surface area contributed by atoms with Gasteiger partial charge in [-0.25, -0.2) is 0 Å². The smallest absolute Gasteiger partial charge is 0.274 e. The van der Waals surface area contributed by atoms with Crippen molar-refractivity contribution in [1.82, 2.24) is 4.98 Å². The van der Waals surface area contributed by atoms with E-state index in [2.05, 4.69) is 15.6 Å². The van der Waals surface area contributed by atoms with E-state index in [1.807, 2.05) is 60.7 Å². The van der Waals surface area contributed by atoms with Crippen LogP contribution in [0.15, 0.2) is 72.9 Å². The van der Waals surface area contributed by atoms with Crippen LogP contribution < -0.4 is 15.4 Å². The molecule has 0 aliphatic heterocycles. The lowest BCUT2D eigenvalue weighted by molar-refractivity contribution is 0.102. The van der Waals surface area contributed by atoms with E-state index in [0.717, 1.165) is 22.8 Å². The van der Waals surface area contributed by atoms with Crippen LogP contribution in [0.3, 0.4) is 0 Å². The number of methoxy groups -OCH3 is 1. The minimum Gasteiger partial charge on any atom is -0.497 e. The molecule has 0 atom stereocenters. The summed E-state index contributed by atoms with van der Waals surface area (Å²) < 4.78 is 5.14. The molecule has 0 bridgehead atoms. The van der Waals surface area contributed by atoms with Crippen molar-refractivity contribution in [2.45, 2.75) is 0 Å². The molecule has 2 N–H and O–H groups in total. The van der Waals surface area contributed by atoms with E-state index in [1.54, 1.807) is 19.4 Å². The molecule has 1 aromatic heterocycles. The Hall–Kier alpha value is -3.34. The number of rotatable bonds is 5. The second kappa shape index (κ2) is 7.28. The lowest BCUT2D eigenvalue weighted by Gasteiger charge is -2.09. The number of carbonyl (C=O) groups excluding carboxylic acids is 1. The van der Waals surface area contributed by atoms with Crippen LogP contribution in [0, 0.1) is 0 Å². The third kappa shape index (κ3) is 3.89. The summed E-state index contributed by atoms with van der Waals surface area (Å²) in [5.41, 5.74) is 2.76. The number of hydrogen-bond acceptors (Lipinski definition) is 4.